The second kappa shape index (κ2) is 8.71. The van der Waals surface area contributed by atoms with E-state index < -0.39 is 6.10 Å². The van der Waals surface area contributed by atoms with Crippen molar-refractivity contribution in [3.63, 3.8) is 0 Å². The fourth-order valence-electron chi connectivity index (χ4n) is 3.86. The molecule has 0 fully saturated rings. The fourth-order valence-corrected chi connectivity index (χ4v) is 3.86. The normalized spacial score (nSPS) is 18.1. The molecule has 158 valence electrons. The summed E-state index contributed by atoms with van der Waals surface area (Å²) in [7, 11) is 0. The number of aryl methyl sites for hydroxylation is 2. The summed E-state index contributed by atoms with van der Waals surface area (Å²) in [4.78, 5) is 23.6. The molecule has 2 unspecified atom stereocenters. The van der Waals surface area contributed by atoms with Gasteiger partial charge < -0.3 is 25.8 Å². The lowest BCUT2D eigenvalue weighted by Crippen LogP contribution is -2.42. The standard InChI is InChI=1S/C22H24FN3O4/c23-15-3-5-18-13(9-15)1-6-20(18)26-22(29)24-11-16(27)12-30-17-4-7-19-14(10-17)2-8-21(28)25-19/h3-5,7,9-10,16,20,27H,1-2,6,8,11-12H2,(H,25,28)(H2,24,26,29). The van der Waals surface area contributed by atoms with Crippen LogP contribution >= 0.6 is 0 Å². The third-order valence-corrected chi connectivity index (χ3v) is 5.40. The first-order valence-corrected chi connectivity index (χ1v) is 10.0. The maximum atomic E-state index is 13.3. The quantitative estimate of drug-likeness (QED) is 0.585. The highest BCUT2D eigenvalue weighted by Gasteiger charge is 2.24. The van der Waals surface area contributed by atoms with Crippen molar-refractivity contribution < 1.29 is 23.8 Å². The van der Waals surface area contributed by atoms with Crippen molar-refractivity contribution in [3.8, 4) is 5.75 Å². The Morgan fingerprint density at radius 2 is 2.07 bits per heavy atom. The molecule has 2 atom stereocenters. The molecule has 0 aromatic heterocycles. The van der Waals surface area contributed by atoms with Crippen molar-refractivity contribution >= 4 is 17.6 Å². The van der Waals surface area contributed by atoms with Crippen molar-refractivity contribution in [1.29, 1.82) is 0 Å². The molecule has 0 spiro atoms. The third kappa shape index (κ3) is 4.71. The predicted molar refractivity (Wildman–Crippen MR) is 109 cm³/mol. The van der Waals surface area contributed by atoms with E-state index >= 15 is 0 Å². The molecule has 2 aromatic carbocycles. The summed E-state index contributed by atoms with van der Waals surface area (Å²) < 4.78 is 18.9. The summed E-state index contributed by atoms with van der Waals surface area (Å²) in [6, 6.07) is 9.42. The number of ether oxygens (including phenoxy) is 1. The topological polar surface area (TPSA) is 99.7 Å². The van der Waals surface area contributed by atoms with Crippen LogP contribution in [0.1, 0.15) is 35.6 Å². The smallest absolute Gasteiger partial charge is 0.315 e. The molecule has 30 heavy (non-hydrogen) atoms. The van der Waals surface area contributed by atoms with Gasteiger partial charge in [0.2, 0.25) is 5.91 Å². The molecule has 3 amide bonds. The van der Waals surface area contributed by atoms with Gasteiger partial charge in [0, 0.05) is 18.7 Å². The fraction of sp³-hybridized carbons (Fsp3) is 0.364. The number of anilines is 1. The molecule has 0 radical (unpaired) electrons. The summed E-state index contributed by atoms with van der Waals surface area (Å²) >= 11 is 0. The van der Waals surface area contributed by atoms with Crippen molar-refractivity contribution in [2.24, 2.45) is 0 Å². The van der Waals surface area contributed by atoms with Crippen LogP contribution in [0.2, 0.25) is 0 Å². The Hall–Kier alpha value is -3.13. The molecule has 1 aliphatic heterocycles. The zero-order valence-electron chi connectivity index (χ0n) is 16.4. The SMILES string of the molecule is O=C1CCc2cc(OCC(O)CNC(=O)NC3CCc4cc(F)ccc43)ccc2N1. The number of hydrogen-bond acceptors (Lipinski definition) is 4. The number of carbonyl (C=O) groups excluding carboxylic acids is 2. The van der Waals surface area contributed by atoms with E-state index in [2.05, 4.69) is 16.0 Å². The van der Waals surface area contributed by atoms with Crippen LogP contribution in [0.3, 0.4) is 0 Å². The molecule has 2 aliphatic rings. The van der Waals surface area contributed by atoms with Crippen LogP contribution in [0.4, 0.5) is 14.9 Å². The second-order valence-corrected chi connectivity index (χ2v) is 7.62. The Morgan fingerprint density at radius 3 is 2.93 bits per heavy atom. The van der Waals surface area contributed by atoms with Crippen LogP contribution in [0.5, 0.6) is 5.75 Å². The first-order valence-electron chi connectivity index (χ1n) is 10.0. The van der Waals surface area contributed by atoms with Crippen LogP contribution in [0.15, 0.2) is 36.4 Å². The van der Waals surface area contributed by atoms with Gasteiger partial charge in [-0.1, -0.05) is 6.07 Å². The molecule has 2 aromatic rings. The van der Waals surface area contributed by atoms with Crippen LogP contribution in [-0.2, 0) is 17.6 Å². The van der Waals surface area contributed by atoms with E-state index in [9.17, 15) is 19.1 Å². The van der Waals surface area contributed by atoms with E-state index in [1.165, 1.54) is 12.1 Å². The van der Waals surface area contributed by atoms with Gasteiger partial charge in [0.05, 0.1) is 6.04 Å². The number of hydrogen-bond donors (Lipinski definition) is 4. The number of nitrogens with one attached hydrogen (secondary N) is 3. The van der Waals surface area contributed by atoms with Gasteiger partial charge in [-0.3, -0.25) is 4.79 Å². The summed E-state index contributed by atoms with van der Waals surface area (Å²) in [5.74, 6) is 0.332. The molecule has 7 nitrogen and oxygen atoms in total. The van der Waals surface area contributed by atoms with Gasteiger partial charge in [-0.25, -0.2) is 9.18 Å². The van der Waals surface area contributed by atoms with Gasteiger partial charge in [-0.2, -0.15) is 0 Å². The summed E-state index contributed by atoms with van der Waals surface area (Å²) in [6.07, 6.45) is 1.66. The minimum absolute atomic E-state index is 0.00389. The Kier molecular flexibility index (Phi) is 5.85. The average molecular weight is 413 g/mol. The van der Waals surface area contributed by atoms with Gasteiger partial charge in [0.1, 0.15) is 24.3 Å². The van der Waals surface area contributed by atoms with Crippen molar-refractivity contribution in [1.82, 2.24) is 10.6 Å². The molecule has 0 saturated heterocycles. The van der Waals surface area contributed by atoms with Gasteiger partial charge in [0.25, 0.3) is 0 Å². The maximum Gasteiger partial charge on any atom is 0.315 e. The highest BCUT2D eigenvalue weighted by atomic mass is 19.1. The first kappa shape index (κ1) is 20.2. The van der Waals surface area contributed by atoms with Gasteiger partial charge in [0.15, 0.2) is 0 Å². The summed E-state index contributed by atoms with van der Waals surface area (Å²) in [5.41, 5.74) is 3.63. The van der Waals surface area contributed by atoms with E-state index in [1.54, 1.807) is 18.2 Å². The molecule has 4 rings (SSSR count). The third-order valence-electron chi connectivity index (χ3n) is 5.40. The van der Waals surface area contributed by atoms with E-state index in [4.69, 9.17) is 4.74 Å². The minimum Gasteiger partial charge on any atom is -0.491 e. The van der Waals surface area contributed by atoms with Gasteiger partial charge in [-0.05, 0) is 66.3 Å². The number of fused-ring (bicyclic) bond motifs is 2. The number of halogens is 1. The molecular weight excluding hydrogens is 389 g/mol. The van der Waals surface area contributed by atoms with Crippen LogP contribution in [-0.4, -0.2) is 36.3 Å². The van der Waals surface area contributed by atoms with Crippen LogP contribution in [0, 0.1) is 5.82 Å². The monoisotopic (exact) mass is 413 g/mol. The molecule has 8 heteroatoms. The zero-order valence-corrected chi connectivity index (χ0v) is 16.4. The number of benzene rings is 2. The molecule has 1 aliphatic carbocycles. The Balaban J connectivity index is 1.21. The number of amides is 3. The molecule has 1 heterocycles. The number of rotatable bonds is 6. The van der Waals surface area contributed by atoms with Gasteiger partial charge in [-0.15, -0.1) is 0 Å². The highest BCUT2D eigenvalue weighted by molar-refractivity contribution is 5.94. The first-order chi connectivity index (χ1) is 14.5. The number of aliphatic hydroxyl groups excluding tert-OH is 1. The van der Waals surface area contributed by atoms with Crippen LogP contribution in [0.25, 0.3) is 0 Å². The lowest BCUT2D eigenvalue weighted by molar-refractivity contribution is -0.116. The van der Waals surface area contributed by atoms with E-state index in [1.807, 2.05) is 6.07 Å². The largest absolute Gasteiger partial charge is 0.491 e. The van der Waals surface area contributed by atoms with Crippen LogP contribution < -0.4 is 20.7 Å². The van der Waals surface area contributed by atoms with Crippen molar-refractivity contribution in [2.45, 2.75) is 37.8 Å². The lowest BCUT2D eigenvalue weighted by atomic mass is 10.0. The highest BCUT2D eigenvalue weighted by Crippen LogP contribution is 2.31. The molecule has 0 saturated carbocycles. The predicted octanol–water partition coefficient (Wildman–Crippen LogP) is 2.44. The number of aliphatic hydroxyl groups is 1. The summed E-state index contributed by atoms with van der Waals surface area (Å²) in [6.45, 7) is 0.0623. The maximum absolute atomic E-state index is 13.3. The number of carbonyl (C=O) groups is 2. The van der Waals surface area contributed by atoms with E-state index in [-0.39, 0.29) is 36.9 Å². The Bertz CT molecular complexity index is 965. The van der Waals surface area contributed by atoms with E-state index in [0.717, 1.165) is 35.2 Å². The average Bonchev–Trinajstić information content (AvgIpc) is 3.12. The zero-order chi connectivity index (χ0) is 21.1. The second-order valence-electron chi connectivity index (χ2n) is 7.62. The lowest BCUT2D eigenvalue weighted by Gasteiger charge is -2.19. The minimum atomic E-state index is -0.878. The Morgan fingerprint density at radius 1 is 1.20 bits per heavy atom. The molecule has 4 N–H and O–H groups in total. The number of urea groups is 1. The summed E-state index contributed by atoms with van der Waals surface area (Å²) in [5, 5.41) is 18.4. The Labute approximate surface area is 173 Å². The van der Waals surface area contributed by atoms with Crippen molar-refractivity contribution in [3.05, 3.63) is 58.9 Å². The molecule has 0 bridgehead atoms. The molecular formula is C22H24FN3O4. The van der Waals surface area contributed by atoms with E-state index in [0.29, 0.717) is 18.6 Å². The van der Waals surface area contributed by atoms with Crippen molar-refractivity contribution in [2.75, 3.05) is 18.5 Å². The van der Waals surface area contributed by atoms with Gasteiger partial charge >= 0.3 is 6.03 Å².